The second-order valence-corrected chi connectivity index (χ2v) is 4.21. The van der Waals surface area contributed by atoms with E-state index < -0.39 is 11.8 Å². The lowest BCUT2D eigenvalue weighted by atomic mass is 10.2. The third-order valence-electron chi connectivity index (χ3n) is 2.39. The van der Waals surface area contributed by atoms with Gasteiger partial charge in [-0.3, -0.25) is 14.4 Å². The van der Waals surface area contributed by atoms with Crippen LogP contribution in [0.15, 0.2) is 18.2 Å². The summed E-state index contributed by atoms with van der Waals surface area (Å²) in [6.45, 7) is 3.53. The number of aryl methyl sites for hydroxylation is 1. The van der Waals surface area contributed by atoms with Crippen LogP contribution in [0.5, 0.6) is 5.75 Å². The average molecular weight is 279 g/mol. The normalized spacial score (nSPS) is 9.70. The van der Waals surface area contributed by atoms with Crippen molar-refractivity contribution in [3.8, 4) is 5.75 Å². The van der Waals surface area contributed by atoms with E-state index in [1.165, 1.54) is 19.1 Å². The summed E-state index contributed by atoms with van der Waals surface area (Å²) in [6, 6.07) is 4.68. The minimum Gasteiger partial charge on any atom is -0.506 e. The van der Waals surface area contributed by atoms with Gasteiger partial charge >= 0.3 is 11.8 Å². The lowest BCUT2D eigenvalue weighted by molar-refractivity contribution is -0.136. The molecule has 1 aromatic carbocycles. The van der Waals surface area contributed by atoms with Crippen LogP contribution in [0.3, 0.4) is 0 Å². The maximum absolute atomic E-state index is 11.6. The van der Waals surface area contributed by atoms with Gasteiger partial charge in [0.25, 0.3) is 0 Å². The lowest BCUT2D eigenvalue weighted by Gasteiger charge is -2.08. The number of phenols is 1. The molecule has 0 aliphatic heterocycles. The number of carbonyl (C=O) groups excluding carboxylic acids is 3. The van der Waals surface area contributed by atoms with Crippen molar-refractivity contribution in [3.63, 3.8) is 0 Å². The van der Waals surface area contributed by atoms with Gasteiger partial charge in [-0.05, 0) is 24.6 Å². The fourth-order valence-electron chi connectivity index (χ4n) is 1.42. The van der Waals surface area contributed by atoms with Gasteiger partial charge in [0.1, 0.15) is 5.75 Å². The highest BCUT2D eigenvalue weighted by atomic mass is 16.3. The van der Waals surface area contributed by atoms with Gasteiger partial charge in [-0.15, -0.1) is 0 Å². The van der Waals surface area contributed by atoms with Crippen molar-refractivity contribution in [2.45, 2.75) is 13.8 Å². The zero-order valence-electron chi connectivity index (χ0n) is 11.3. The molecular formula is C13H17N3O4. The first kappa shape index (κ1) is 15.5. The van der Waals surface area contributed by atoms with Gasteiger partial charge in [0.05, 0.1) is 5.69 Å². The molecule has 3 amide bonds. The topological polar surface area (TPSA) is 108 Å². The molecule has 0 radical (unpaired) electrons. The maximum atomic E-state index is 11.6. The van der Waals surface area contributed by atoms with Gasteiger partial charge in [-0.1, -0.05) is 6.07 Å². The van der Waals surface area contributed by atoms with Crippen molar-refractivity contribution in [3.05, 3.63) is 23.8 Å². The minimum absolute atomic E-state index is 0.107. The zero-order valence-corrected chi connectivity index (χ0v) is 11.3. The molecule has 0 saturated heterocycles. The smallest absolute Gasteiger partial charge is 0.313 e. The van der Waals surface area contributed by atoms with Gasteiger partial charge in [-0.25, -0.2) is 0 Å². The maximum Gasteiger partial charge on any atom is 0.313 e. The number of nitrogens with one attached hydrogen (secondary N) is 3. The van der Waals surface area contributed by atoms with Crippen LogP contribution in [0, 0.1) is 6.92 Å². The van der Waals surface area contributed by atoms with Crippen LogP contribution >= 0.6 is 0 Å². The summed E-state index contributed by atoms with van der Waals surface area (Å²) in [5.74, 6) is -2.04. The molecule has 0 fully saturated rings. The van der Waals surface area contributed by atoms with Gasteiger partial charge in [-0.2, -0.15) is 0 Å². The Bertz CT molecular complexity index is 528. The van der Waals surface area contributed by atoms with Crippen molar-refractivity contribution in [2.24, 2.45) is 0 Å². The summed E-state index contributed by atoms with van der Waals surface area (Å²) < 4.78 is 0. The molecule has 4 N–H and O–H groups in total. The number of amides is 3. The monoisotopic (exact) mass is 279 g/mol. The molecule has 0 aromatic heterocycles. The quantitative estimate of drug-likeness (QED) is 0.350. The molecule has 1 rings (SSSR count). The van der Waals surface area contributed by atoms with Crippen molar-refractivity contribution in [1.82, 2.24) is 10.6 Å². The molecule has 0 heterocycles. The number of hydrogen-bond donors (Lipinski definition) is 4. The first-order valence-electron chi connectivity index (χ1n) is 6.03. The molecule has 7 nitrogen and oxygen atoms in total. The van der Waals surface area contributed by atoms with Gasteiger partial charge in [0.15, 0.2) is 0 Å². The molecule has 0 atom stereocenters. The highest BCUT2D eigenvalue weighted by molar-refractivity contribution is 6.39. The van der Waals surface area contributed by atoms with Crippen molar-refractivity contribution >= 4 is 23.4 Å². The van der Waals surface area contributed by atoms with E-state index in [0.29, 0.717) is 0 Å². The lowest BCUT2D eigenvalue weighted by Crippen LogP contribution is -2.39. The number of aromatic hydroxyl groups is 1. The summed E-state index contributed by atoms with van der Waals surface area (Å²) in [5, 5.41) is 16.7. The molecular weight excluding hydrogens is 262 g/mol. The molecule has 0 aliphatic carbocycles. The molecule has 1 aromatic rings. The third-order valence-corrected chi connectivity index (χ3v) is 2.39. The molecule has 108 valence electrons. The van der Waals surface area contributed by atoms with E-state index in [1.54, 1.807) is 13.0 Å². The molecule has 0 spiro atoms. The standard InChI is InChI=1S/C13H17N3O4/c1-8-3-4-10(11(18)7-8)16-13(20)12(19)15-6-5-14-9(2)17/h3-4,7,18H,5-6H2,1-2H3,(H,14,17)(H,15,19)(H,16,20). The van der Waals surface area contributed by atoms with E-state index in [-0.39, 0.29) is 30.4 Å². The molecule has 0 bridgehead atoms. The zero-order chi connectivity index (χ0) is 15.1. The minimum atomic E-state index is -0.882. The van der Waals surface area contributed by atoms with E-state index in [1.807, 2.05) is 0 Å². The van der Waals surface area contributed by atoms with Crippen molar-refractivity contribution < 1.29 is 19.5 Å². The number of carbonyl (C=O) groups is 3. The van der Waals surface area contributed by atoms with Crippen molar-refractivity contribution in [2.75, 3.05) is 18.4 Å². The Morgan fingerprint density at radius 2 is 1.75 bits per heavy atom. The number of phenolic OH excluding ortho intramolecular Hbond substituents is 1. The Kier molecular flexibility index (Phi) is 5.52. The Balaban J connectivity index is 2.45. The molecule has 0 unspecified atom stereocenters. The van der Waals surface area contributed by atoms with Gasteiger partial charge in [0.2, 0.25) is 5.91 Å². The van der Waals surface area contributed by atoms with Crippen molar-refractivity contribution in [1.29, 1.82) is 0 Å². The van der Waals surface area contributed by atoms with Crippen LogP contribution in [-0.2, 0) is 14.4 Å². The highest BCUT2D eigenvalue weighted by Gasteiger charge is 2.14. The van der Waals surface area contributed by atoms with E-state index in [2.05, 4.69) is 16.0 Å². The summed E-state index contributed by atoms with van der Waals surface area (Å²) >= 11 is 0. The van der Waals surface area contributed by atoms with E-state index in [9.17, 15) is 19.5 Å². The van der Waals surface area contributed by atoms with Crippen LogP contribution in [0.2, 0.25) is 0 Å². The number of rotatable bonds is 4. The summed E-state index contributed by atoms with van der Waals surface area (Å²) in [5.41, 5.74) is 0.998. The number of benzene rings is 1. The van der Waals surface area contributed by atoms with E-state index in [0.717, 1.165) is 5.56 Å². The fourth-order valence-corrected chi connectivity index (χ4v) is 1.42. The second-order valence-electron chi connectivity index (χ2n) is 4.21. The highest BCUT2D eigenvalue weighted by Crippen LogP contribution is 2.23. The van der Waals surface area contributed by atoms with Crippen LogP contribution in [0.25, 0.3) is 0 Å². The average Bonchev–Trinajstić information content (AvgIpc) is 2.37. The summed E-state index contributed by atoms with van der Waals surface area (Å²) in [4.78, 5) is 33.6. The fraction of sp³-hybridized carbons (Fsp3) is 0.308. The first-order chi connectivity index (χ1) is 9.40. The number of anilines is 1. The third kappa shape index (κ3) is 4.97. The predicted octanol–water partition coefficient (Wildman–Crippen LogP) is -0.109. The van der Waals surface area contributed by atoms with E-state index in [4.69, 9.17) is 0 Å². The van der Waals surface area contributed by atoms with Crippen LogP contribution in [0.4, 0.5) is 5.69 Å². The first-order valence-corrected chi connectivity index (χ1v) is 6.03. The largest absolute Gasteiger partial charge is 0.506 e. The van der Waals surface area contributed by atoms with E-state index >= 15 is 0 Å². The summed E-state index contributed by atoms with van der Waals surface area (Å²) in [7, 11) is 0. The van der Waals surface area contributed by atoms with Crippen LogP contribution < -0.4 is 16.0 Å². The Labute approximate surface area is 116 Å². The second kappa shape index (κ2) is 7.13. The van der Waals surface area contributed by atoms with Gasteiger partial charge < -0.3 is 21.1 Å². The van der Waals surface area contributed by atoms with Gasteiger partial charge in [0, 0.05) is 20.0 Å². The number of hydrogen-bond acceptors (Lipinski definition) is 4. The Hall–Kier alpha value is -2.57. The summed E-state index contributed by atoms with van der Waals surface area (Å²) in [6.07, 6.45) is 0. The molecule has 0 saturated carbocycles. The van der Waals surface area contributed by atoms with Crippen LogP contribution in [0.1, 0.15) is 12.5 Å². The van der Waals surface area contributed by atoms with Crippen LogP contribution in [-0.4, -0.2) is 35.9 Å². The molecule has 20 heavy (non-hydrogen) atoms. The molecule has 7 heteroatoms. The predicted molar refractivity (Wildman–Crippen MR) is 73.2 cm³/mol. The Morgan fingerprint density at radius 1 is 1.10 bits per heavy atom. The SMILES string of the molecule is CC(=O)NCCNC(=O)C(=O)Nc1ccc(C)cc1O. The molecule has 0 aliphatic rings. The Morgan fingerprint density at radius 3 is 2.35 bits per heavy atom.